The molecule has 0 saturated heterocycles. The normalized spacial score (nSPS) is 12.6. The number of ether oxygens (including phenoxy) is 1. The Morgan fingerprint density at radius 1 is 1.08 bits per heavy atom. The fourth-order valence-corrected chi connectivity index (χ4v) is 4.54. The summed E-state index contributed by atoms with van der Waals surface area (Å²) in [7, 11) is 1.70. The first-order valence-electron chi connectivity index (χ1n) is 13.0. The van der Waals surface area contributed by atoms with Crippen molar-refractivity contribution in [1.82, 2.24) is 9.55 Å². The summed E-state index contributed by atoms with van der Waals surface area (Å²) in [6, 6.07) is 19.0. The van der Waals surface area contributed by atoms with Crippen molar-refractivity contribution >= 4 is 28.8 Å². The number of hydrogen-bond donors (Lipinski definition) is 3. The van der Waals surface area contributed by atoms with Crippen molar-refractivity contribution in [3.63, 3.8) is 0 Å². The second-order valence-corrected chi connectivity index (χ2v) is 10.8. The van der Waals surface area contributed by atoms with Gasteiger partial charge in [-0.2, -0.15) is 0 Å². The SMILES string of the molecule is Cc1c(NC(=O)c2ccc(C(C)(C)C)cc2)cccc1-c1cn(C)c(=O)c(Nc2ccc3c(c2)NCCO3)n1. The summed E-state index contributed by atoms with van der Waals surface area (Å²) in [4.78, 5) is 30.6. The zero-order valence-corrected chi connectivity index (χ0v) is 22.9. The molecule has 0 fully saturated rings. The summed E-state index contributed by atoms with van der Waals surface area (Å²) in [6.45, 7) is 9.70. The van der Waals surface area contributed by atoms with Crippen LogP contribution >= 0.6 is 0 Å². The topological polar surface area (TPSA) is 97.3 Å². The molecule has 0 unspecified atom stereocenters. The molecule has 0 aliphatic carbocycles. The van der Waals surface area contributed by atoms with Crippen LogP contribution in [0.4, 0.5) is 22.9 Å². The van der Waals surface area contributed by atoms with Gasteiger partial charge in [-0.15, -0.1) is 0 Å². The van der Waals surface area contributed by atoms with E-state index in [0.717, 1.165) is 34.8 Å². The van der Waals surface area contributed by atoms with Crippen LogP contribution in [0.2, 0.25) is 0 Å². The third kappa shape index (κ3) is 5.50. The molecule has 8 heteroatoms. The molecule has 0 bridgehead atoms. The fraction of sp³-hybridized carbons (Fsp3) is 0.258. The van der Waals surface area contributed by atoms with Crippen molar-refractivity contribution in [2.24, 2.45) is 7.05 Å². The van der Waals surface area contributed by atoms with Gasteiger partial charge < -0.3 is 25.3 Å². The quantitative estimate of drug-likeness (QED) is 0.304. The van der Waals surface area contributed by atoms with Gasteiger partial charge in [0.05, 0.1) is 11.4 Å². The second-order valence-electron chi connectivity index (χ2n) is 10.8. The molecule has 200 valence electrons. The van der Waals surface area contributed by atoms with Crippen LogP contribution in [0.25, 0.3) is 11.3 Å². The number of anilines is 4. The molecule has 1 aromatic heterocycles. The number of fused-ring (bicyclic) bond motifs is 1. The first kappa shape index (κ1) is 26.0. The van der Waals surface area contributed by atoms with Gasteiger partial charge in [-0.05, 0) is 59.9 Å². The van der Waals surface area contributed by atoms with Crippen LogP contribution < -0.4 is 26.2 Å². The third-order valence-electron chi connectivity index (χ3n) is 6.86. The van der Waals surface area contributed by atoms with Crippen molar-refractivity contribution in [2.45, 2.75) is 33.1 Å². The van der Waals surface area contributed by atoms with Crippen molar-refractivity contribution in [1.29, 1.82) is 0 Å². The highest BCUT2D eigenvalue weighted by Gasteiger charge is 2.17. The molecule has 1 aliphatic rings. The molecule has 8 nitrogen and oxygen atoms in total. The lowest BCUT2D eigenvalue weighted by Crippen LogP contribution is -2.22. The van der Waals surface area contributed by atoms with Crippen LogP contribution in [0.15, 0.2) is 71.7 Å². The van der Waals surface area contributed by atoms with Crippen LogP contribution in [0.1, 0.15) is 42.3 Å². The van der Waals surface area contributed by atoms with E-state index in [1.54, 1.807) is 13.2 Å². The Balaban J connectivity index is 1.42. The maximum atomic E-state index is 13.0. The molecule has 0 atom stereocenters. The average Bonchev–Trinajstić information content (AvgIpc) is 2.92. The number of nitrogens with one attached hydrogen (secondary N) is 3. The highest BCUT2D eigenvalue weighted by Crippen LogP contribution is 2.32. The van der Waals surface area contributed by atoms with Gasteiger partial charge in [-0.1, -0.05) is 45.0 Å². The number of hydrogen-bond acceptors (Lipinski definition) is 6. The molecule has 5 rings (SSSR count). The number of nitrogens with zero attached hydrogens (tertiary/aromatic N) is 2. The molecule has 3 N–H and O–H groups in total. The molecule has 1 aliphatic heterocycles. The van der Waals surface area contributed by atoms with E-state index in [1.807, 2.05) is 67.6 Å². The monoisotopic (exact) mass is 523 g/mol. The maximum Gasteiger partial charge on any atom is 0.293 e. The van der Waals surface area contributed by atoms with Crippen molar-refractivity contribution in [3.8, 4) is 17.0 Å². The Bertz CT molecular complexity index is 1600. The minimum absolute atomic E-state index is 0.0155. The standard InChI is InChI=1S/C31H33N5O3/c1-19-23(7-6-8-24(19)35-29(37)20-9-11-21(12-10-20)31(2,3)4)26-18-36(5)30(38)28(34-26)33-22-13-14-27-25(17-22)32-15-16-39-27/h6-14,17-18,32H,15-16H2,1-5H3,(H,33,34)(H,35,37). The number of aromatic nitrogens is 2. The molecular weight excluding hydrogens is 490 g/mol. The zero-order valence-electron chi connectivity index (χ0n) is 22.9. The number of aryl methyl sites for hydroxylation is 1. The van der Waals surface area contributed by atoms with E-state index in [-0.39, 0.29) is 22.7 Å². The molecule has 3 aromatic carbocycles. The van der Waals surface area contributed by atoms with E-state index < -0.39 is 0 Å². The minimum atomic E-state index is -0.249. The molecule has 0 spiro atoms. The van der Waals surface area contributed by atoms with Gasteiger partial charge in [0.2, 0.25) is 0 Å². The van der Waals surface area contributed by atoms with Gasteiger partial charge in [0, 0.05) is 42.3 Å². The minimum Gasteiger partial charge on any atom is -0.490 e. The first-order chi connectivity index (χ1) is 18.6. The Hall–Kier alpha value is -4.59. The van der Waals surface area contributed by atoms with Gasteiger partial charge in [-0.25, -0.2) is 4.98 Å². The second kappa shape index (κ2) is 10.3. The van der Waals surface area contributed by atoms with Crippen LogP contribution in [0.3, 0.4) is 0 Å². The third-order valence-corrected chi connectivity index (χ3v) is 6.86. The molecule has 0 radical (unpaired) electrons. The number of carbonyl (C=O) groups is 1. The number of carbonyl (C=O) groups excluding carboxylic acids is 1. The Morgan fingerprint density at radius 2 is 1.85 bits per heavy atom. The van der Waals surface area contributed by atoms with Crippen molar-refractivity contribution in [2.75, 3.05) is 29.1 Å². The van der Waals surface area contributed by atoms with Crippen molar-refractivity contribution in [3.05, 3.63) is 93.9 Å². The van der Waals surface area contributed by atoms with Gasteiger partial charge in [0.25, 0.3) is 11.5 Å². The maximum absolute atomic E-state index is 13.0. The summed E-state index contributed by atoms with van der Waals surface area (Å²) in [5.74, 6) is 0.803. The Kier molecular flexibility index (Phi) is 6.87. The first-order valence-corrected chi connectivity index (χ1v) is 13.0. The lowest BCUT2D eigenvalue weighted by molar-refractivity contribution is 0.102. The fourth-order valence-electron chi connectivity index (χ4n) is 4.54. The van der Waals surface area contributed by atoms with E-state index >= 15 is 0 Å². The summed E-state index contributed by atoms with van der Waals surface area (Å²) >= 11 is 0. The number of benzene rings is 3. The van der Waals surface area contributed by atoms with E-state index in [0.29, 0.717) is 23.6 Å². The Morgan fingerprint density at radius 3 is 2.59 bits per heavy atom. The van der Waals surface area contributed by atoms with E-state index in [4.69, 9.17) is 4.74 Å². The van der Waals surface area contributed by atoms with Crippen LogP contribution in [0, 0.1) is 6.92 Å². The predicted octanol–water partition coefficient (Wildman–Crippen LogP) is 5.85. The molecule has 1 amide bonds. The molecule has 39 heavy (non-hydrogen) atoms. The summed E-state index contributed by atoms with van der Waals surface area (Å²) in [6.07, 6.45) is 1.70. The average molecular weight is 524 g/mol. The summed E-state index contributed by atoms with van der Waals surface area (Å²) < 4.78 is 7.15. The largest absolute Gasteiger partial charge is 0.490 e. The summed E-state index contributed by atoms with van der Waals surface area (Å²) in [5.41, 5.74) is 6.08. The zero-order chi connectivity index (χ0) is 27.7. The van der Waals surface area contributed by atoms with Crippen LogP contribution in [-0.2, 0) is 12.5 Å². The highest BCUT2D eigenvalue weighted by molar-refractivity contribution is 6.05. The Labute approximate surface area is 228 Å². The molecule has 2 heterocycles. The van der Waals surface area contributed by atoms with Gasteiger partial charge in [0.1, 0.15) is 12.4 Å². The van der Waals surface area contributed by atoms with E-state index in [2.05, 4.69) is 41.7 Å². The lowest BCUT2D eigenvalue weighted by Gasteiger charge is -2.20. The molecule has 0 saturated carbocycles. The van der Waals surface area contributed by atoms with Crippen LogP contribution in [0.5, 0.6) is 5.75 Å². The van der Waals surface area contributed by atoms with E-state index in [9.17, 15) is 9.59 Å². The van der Waals surface area contributed by atoms with Crippen LogP contribution in [-0.4, -0.2) is 28.6 Å². The van der Waals surface area contributed by atoms with Crippen molar-refractivity contribution < 1.29 is 9.53 Å². The van der Waals surface area contributed by atoms with Gasteiger partial charge in [0.15, 0.2) is 5.82 Å². The highest BCUT2D eigenvalue weighted by atomic mass is 16.5. The number of rotatable bonds is 5. The smallest absolute Gasteiger partial charge is 0.293 e. The van der Waals surface area contributed by atoms with Gasteiger partial charge in [-0.3, -0.25) is 9.59 Å². The predicted molar refractivity (Wildman–Crippen MR) is 156 cm³/mol. The summed E-state index contributed by atoms with van der Waals surface area (Å²) in [5, 5.41) is 9.50. The lowest BCUT2D eigenvalue weighted by atomic mass is 9.86. The molecular formula is C31H33N5O3. The van der Waals surface area contributed by atoms with Gasteiger partial charge >= 0.3 is 0 Å². The number of amides is 1. The molecule has 4 aromatic rings. The van der Waals surface area contributed by atoms with E-state index in [1.165, 1.54) is 10.1 Å².